The summed E-state index contributed by atoms with van der Waals surface area (Å²) in [7, 11) is 0. The van der Waals surface area contributed by atoms with Crippen LogP contribution in [0.5, 0.6) is 0 Å². The minimum absolute atomic E-state index is 0.0375. The van der Waals surface area contributed by atoms with Crippen molar-refractivity contribution in [1.82, 2.24) is 5.32 Å². The highest BCUT2D eigenvalue weighted by molar-refractivity contribution is 5.92. The van der Waals surface area contributed by atoms with Crippen LogP contribution >= 0.6 is 0 Å². The van der Waals surface area contributed by atoms with Gasteiger partial charge in [-0.3, -0.25) is 10.1 Å². The second-order valence-electron chi connectivity index (χ2n) is 6.06. The third-order valence-corrected chi connectivity index (χ3v) is 2.87. The minimum Gasteiger partial charge on any atom is -0.481 e. The van der Waals surface area contributed by atoms with Gasteiger partial charge in [-0.25, -0.2) is 9.59 Å². The zero-order valence-electron chi connectivity index (χ0n) is 12.4. The van der Waals surface area contributed by atoms with E-state index < -0.39 is 29.0 Å². The van der Waals surface area contributed by atoms with Gasteiger partial charge < -0.3 is 14.9 Å². The Labute approximate surface area is 122 Å². The van der Waals surface area contributed by atoms with Gasteiger partial charge in [0.05, 0.1) is 16.7 Å². The average Bonchev–Trinajstić information content (AvgIpc) is 2.28. The van der Waals surface area contributed by atoms with Gasteiger partial charge in [-0.2, -0.15) is 0 Å². The smallest absolute Gasteiger partial charge is 0.412 e. The molecule has 0 bridgehead atoms. The van der Waals surface area contributed by atoms with Gasteiger partial charge >= 0.3 is 18.0 Å². The first-order valence-corrected chi connectivity index (χ1v) is 6.34. The number of carbonyl (C=O) groups excluding carboxylic acids is 1. The van der Waals surface area contributed by atoms with Crippen molar-refractivity contribution < 1.29 is 29.3 Å². The number of rotatable bonds is 3. The van der Waals surface area contributed by atoms with E-state index in [2.05, 4.69) is 5.32 Å². The molecule has 7 nitrogen and oxygen atoms in total. The third kappa shape index (κ3) is 4.34. The van der Waals surface area contributed by atoms with Crippen molar-refractivity contribution in [2.24, 2.45) is 5.41 Å². The summed E-state index contributed by atoms with van der Waals surface area (Å²) < 4.78 is 5.04. The number of hydrogen-bond acceptors (Lipinski definition) is 4. The van der Waals surface area contributed by atoms with Gasteiger partial charge in [-0.1, -0.05) is 6.08 Å². The summed E-state index contributed by atoms with van der Waals surface area (Å²) in [4.78, 5) is 34.1. The number of amides is 1. The molecule has 0 saturated carbocycles. The molecule has 0 aromatic heterocycles. The summed E-state index contributed by atoms with van der Waals surface area (Å²) in [6.45, 7) is 6.45. The minimum atomic E-state index is -1.31. The van der Waals surface area contributed by atoms with Gasteiger partial charge in [0.1, 0.15) is 5.60 Å². The van der Waals surface area contributed by atoms with E-state index in [1.807, 2.05) is 0 Å². The maximum absolute atomic E-state index is 11.7. The lowest BCUT2D eigenvalue weighted by Gasteiger charge is -2.27. The fourth-order valence-electron chi connectivity index (χ4n) is 1.76. The number of hydrogen-bond donors (Lipinski definition) is 3. The Morgan fingerprint density at radius 3 is 2.29 bits per heavy atom. The molecule has 0 aliphatic heterocycles. The van der Waals surface area contributed by atoms with Crippen LogP contribution in [0.4, 0.5) is 4.79 Å². The van der Waals surface area contributed by atoms with E-state index in [0.29, 0.717) is 0 Å². The molecule has 1 unspecified atom stereocenters. The number of nitrogens with one attached hydrogen (secondary N) is 1. The fraction of sp³-hybridized carbons (Fsp3) is 0.500. The van der Waals surface area contributed by atoms with E-state index in [9.17, 15) is 19.5 Å². The van der Waals surface area contributed by atoms with Crippen LogP contribution in [-0.4, -0.2) is 33.8 Å². The lowest BCUT2D eigenvalue weighted by Crippen LogP contribution is -2.36. The molecule has 0 aromatic carbocycles. The molecule has 1 rings (SSSR count). The van der Waals surface area contributed by atoms with Crippen LogP contribution in [0.15, 0.2) is 23.4 Å². The first-order chi connectivity index (χ1) is 9.44. The highest BCUT2D eigenvalue weighted by Gasteiger charge is 2.37. The molecule has 21 heavy (non-hydrogen) atoms. The van der Waals surface area contributed by atoms with Gasteiger partial charge in [0.25, 0.3) is 0 Å². The summed E-state index contributed by atoms with van der Waals surface area (Å²) in [6, 6.07) is 0. The molecular formula is C14H19NO6. The molecule has 116 valence electrons. The SMILES string of the molecule is CC(C)(C)OC(=O)NC1=C(C(=O)O)CC(C)(C(=O)O)C=C1. The molecule has 1 aliphatic carbocycles. The molecule has 1 atom stereocenters. The van der Waals surface area contributed by atoms with Crippen LogP contribution < -0.4 is 5.32 Å². The van der Waals surface area contributed by atoms with Crippen LogP contribution in [0.1, 0.15) is 34.1 Å². The normalized spacial score (nSPS) is 21.9. The zero-order chi connectivity index (χ0) is 16.4. The number of carbonyl (C=O) groups is 3. The van der Waals surface area contributed by atoms with Crippen molar-refractivity contribution >= 4 is 18.0 Å². The van der Waals surface area contributed by atoms with Gasteiger partial charge in [0.15, 0.2) is 0 Å². The first kappa shape index (κ1) is 16.7. The van der Waals surface area contributed by atoms with E-state index in [0.717, 1.165) is 0 Å². The molecule has 0 aromatic rings. The molecule has 0 spiro atoms. The Hall–Kier alpha value is -2.31. The lowest BCUT2D eigenvalue weighted by atomic mass is 9.79. The number of ether oxygens (including phenoxy) is 1. The molecule has 0 saturated heterocycles. The van der Waals surface area contributed by atoms with E-state index in [1.54, 1.807) is 20.8 Å². The van der Waals surface area contributed by atoms with Crippen molar-refractivity contribution in [2.45, 2.75) is 39.7 Å². The monoisotopic (exact) mass is 297 g/mol. The number of carboxylic acids is 2. The Morgan fingerprint density at radius 1 is 1.29 bits per heavy atom. The quantitative estimate of drug-likeness (QED) is 0.733. The van der Waals surface area contributed by atoms with Crippen LogP contribution in [0, 0.1) is 5.41 Å². The molecular weight excluding hydrogens is 278 g/mol. The van der Waals surface area contributed by atoms with Gasteiger partial charge in [0.2, 0.25) is 0 Å². The molecule has 0 radical (unpaired) electrons. The first-order valence-electron chi connectivity index (χ1n) is 6.34. The third-order valence-electron chi connectivity index (χ3n) is 2.87. The topological polar surface area (TPSA) is 113 Å². The van der Waals surface area contributed by atoms with E-state index in [4.69, 9.17) is 9.84 Å². The maximum Gasteiger partial charge on any atom is 0.412 e. The average molecular weight is 297 g/mol. The predicted molar refractivity (Wildman–Crippen MR) is 73.5 cm³/mol. The van der Waals surface area contributed by atoms with E-state index in [1.165, 1.54) is 19.1 Å². The maximum atomic E-state index is 11.7. The second kappa shape index (κ2) is 5.59. The molecule has 0 fully saturated rings. The molecule has 0 heterocycles. The fourth-order valence-corrected chi connectivity index (χ4v) is 1.76. The molecule has 3 N–H and O–H groups in total. The van der Waals surface area contributed by atoms with E-state index in [-0.39, 0.29) is 17.7 Å². The summed E-state index contributed by atoms with van der Waals surface area (Å²) in [5, 5.41) is 20.7. The summed E-state index contributed by atoms with van der Waals surface area (Å²) >= 11 is 0. The van der Waals surface area contributed by atoms with Crippen molar-refractivity contribution in [1.29, 1.82) is 0 Å². The Kier molecular flexibility index (Phi) is 4.46. The summed E-state index contributed by atoms with van der Waals surface area (Å²) in [5.74, 6) is -2.41. The van der Waals surface area contributed by atoms with Crippen LogP contribution in [0.3, 0.4) is 0 Å². The number of aliphatic carboxylic acids is 2. The number of carboxylic acid groups (broad SMARTS) is 2. The largest absolute Gasteiger partial charge is 0.481 e. The lowest BCUT2D eigenvalue weighted by molar-refractivity contribution is -0.145. The standard InChI is InChI=1S/C14H19NO6/c1-13(2,3)21-12(20)15-9-5-6-14(4,11(18)19)7-8(9)10(16)17/h5-6H,7H2,1-4H3,(H,15,20)(H,16,17)(H,18,19). The number of alkyl carbamates (subject to hydrolysis) is 1. The summed E-state index contributed by atoms with van der Waals surface area (Å²) in [6.07, 6.45) is 1.62. The van der Waals surface area contributed by atoms with Crippen LogP contribution in [0.2, 0.25) is 0 Å². The Morgan fingerprint density at radius 2 is 1.86 bits per heavy atom. The van der Waals surface area contributed by atoms with Crippen molar-refractivity contribution in [3.63, 3.8) is 0 Å². The van der Waals surface area contributed by atoms with Crippen molar-refractivity contribution in [2.75, 3.05) is 0 Å². The molecule has 1 aliphatic rings. The Balaban J connectivity index is 2.99. The van der Waals surface area contributed by atoms with E-state index >= 15 is 0 Å². The molecule has 7 heteroatoms. The second-order valence-corrected chi connectivity index (χ2v) is 6.06. The van der Waals surface area contributed by atoms with Crippen LogP contribution in [-0.2, 0) is 14.3 Å². The van der Waals surface area contributed by atoms with Gasteiger partial charge in [-0.15, -0.1) is 0 Å². The van der Waals surface area contributed by atoms with Gasteiger partial charge in [0, 0.05) is 6.42 Å². The number of allylic oxidation sites excluding steroid dienone is 1. The Bertz CT molecular complexity index is 540. The van der Waals surface area contributed by atoms with Gasteiger partial charge in [-0.05, 0) is 33.8 Å². The summed E-state index contributed by atoms with van der Waals surface area (Å²) in [5.41, 5.74) is -2.17. The molecule has 1 amide bonds. The predicted octanol–water partition coefficient (Wildman–Crippen LogP) is 1.90. The van der Waals surface area contributed by atoms with Crippen LogP contribution in [0.25, 0.3) is 0 Å². The van der Waals surface area contributed by atoms with Crippen molar-refractivity contribution in [3.8, 4) is 0 Å². The highest BCUT2D eigenvalue weighted by atomic mass is 16.6. The zero-order valence-corrected chi connectivity index (χ0v) is 12.4. The highest BCUT2D eigenvalue weighted by Crippen LogP contribution is 2.33. The van der Waals surface area contributed by atoms with Crippen molar-refractivity contribution in [3.05, 3.63) is 23.4 Å².